The lowest BCUT2D eigenvalue weighted by Crippen LogP contribution is -2.75. The van der Waals surface area contributed by atoms with E-state index in [9.17, 15) is 4.39 Å². The number of imidazole rings is 1. The van der Waals surface area contributed by atoms with Crippen LogP contribution in [0.2, 0.25) is 0 Å². The van der Waals surface area contributed by atoms with Crippen molar-refractivity contribution in [3.63, 3.8) is 0 Å². The lowest BCUT2D eigenvalue weighted by Gasteiger charge is -2.70. The number of hydrogen-bond acceptors (Lipinski definition) is 6. The minimum atomic E-state index is -0.232. The highest BCUT2D eigenvalue weighted by Gasteiger charge is 2.69. The molecular formula is C22H24FN7. The zero-order valence-electron chi connectivity index (χ0n) is 17.1. The Balaban J connectivity index is 1.27. The Kier molecular flexibility index (Phi) is 3.50. The van der Waals surface area contributed by atoms with Crippen LogP contribution in [0.15, 0.2) is 36.8 Å². The predicted molar refractivity (Wildman–Crippen MR) is 114 cm³/mol. The van der Waals surface area contributed by atoms with E-state index in [4.69, 9.17) is 9.97 Å². The van der Waals surface area contributed by atoms with Crippen molar-refractivity contribution in [1.29, 1.82) is 0 Å². The fraction of sp³-hybridized carbons (Fsp3) is 0.409. The number of aromatic nitrogens is 4. The van der Waals surface area contributed by atoms with Gasteiger partial charge in [0.2, 0.25) is 5.95 Å². The number of hydrogen-bond donors (Lipinski definition) is 2. The normalized spacial score (nSPS) is 26.0. The van der Waals surface area contributed by atoms with Crippen molar-refractivity contribution in [2.45, 2.75) is 43.7 Å². The molecule has 7 rings (SSSR count). The number of anilines is 4. The van der Waals surface area contributed by atoms with Gasteiger partial charge in [-0.15, -0.1) is 0 Å². The first kappa shape index (κ1) is 17.7. The second kappa shape index (κ2) is 5.93. The molecule has 3 saturated carbocycles. The third kappa shape index (κ3) is 2.45. The number of aryl methyl sites for hydroxylation is 1. The number of rotatable bonds is 5. The third-order valence-corrected chi connectivity index (χ3v) is 6.84. The topological polar surface area (TPSA) is 70.9 Å². The quantitative estimate of drug-likeness (QED) is 0.676. The van der Waals surface area contributed by atoms with Crippen LogP contribution in [0.1, 0.15) is 30.5 Å². The first-order valence-electron chi connectivity index (χ1n) is 10.4. The molecule has 3 heterocycles. The maximum Gasteiger partial charge on any atom is 0.227 e. The van der Waals surface area contributed by atoms with Crippen LogP contribution >= 0.6 is 0 Å². The molecule has 7 nitrogen and oxygen atoms in total. The highest BCUT2D eigenvalue weighted by Crippen LogP contribution is 2.66. The molecule has 0 amide bonds. The van der Waals surface area contributed by atoms with E-state index in [1.807, 2.05) is 20.3 Å². The summed E-state index contributed by atoms with van der Waals surface area (Å²) in [6.07, 6.45) is 8.13. The monoisotopic (exact) mass is 405 g/mol. The molecule has 1 aromatic carbocycles. The Bertz CT molecular complexity index is 1120. The van der Waals surface area contributed by atoms with Gasteiger partial charge in [-0.3, -0.25) is 0 Å². The fourth-order valence-electron chi connectivity index (χ4n) is 5.45. The molecule has 0 radical (unpaired) electrons. The average molecular weight is 405 g/mol. The maximum absolute atomic E-state index is 13.4. The minimum absolute atomic E-state index is 0.0662. The number of nitrogens with zero attached hydrogens (tertiary/aromatic N) is 5. The van der Waals surface area contributed by atoms with Crippen molar-refractivity contribution in [2.75, 3.05) is 29.1 Å². The molecule has 0 atom stereocenters. The van der Waals surface area contributed by atoms with Gasteiger partial charge in [-0.05, 0) is 56.9 Å². The van der Waals surface area contributed by atoms with Gasteiger partial charge in [-0.25, -0.2) is 9.37 Å². The second-order valence-corrected chi connectivity index (χ2v) is 8.91. The van der Waals surface area contributed by atoms with E-state index in [1.165, 1.54) is 12.1 Å². The van der Waals surface area contributed by atoms with Crippen molar-refractivity contribution < 1.29 is 4.39 Å². The summed E-state index contributed by atoms with van der Waals surface area (Å²) in [6, 6.07) is 6.59. The minimum Gasteiger partial charge on any atom is -0.373 e. The Labute approximate surface area is 174 Å². The maximum atomic E-state index is 13.4. The van der Waals surface area contributed by atoms with Gasteiger partial charge in [0, 0.05) is 36.6 Å². The molecule has 0 unspecified atom stereocenters. The summed E-state index contributed by atoms with van der Waals surface area (Å²) < 4.78 is 15.6. The van der Waals surface area contributed by atoms with Crippen LogP contribution < -0.4 is 15.5 Å². The summed E-state index contributed by atoms with van der Waals surface area (Å²) in [4.78, 5) is 16.2. The van der Waals surface area contributed by atoms with Gasteiger partial charge < -0.3 is 20.1 Å². The van der Waals surface area contributed by atoms with Gasteiger partial charge in [0.1, 0.15) is 17.5 Å². The first-order valence-corrected chi connectivity index (χ1v) is 10.4. The van der Waals surface area contributed by atoms with E-state index in [0.29, 0.717) is 5.95 Å². The van der Waals surface area contributed by atoms with Crippen molar-refractivity contribution in [3.05, 3.63) is 53.9 Å². The van der Waals surface area contributed by atoms with Crippen molar-refractivity contribution in [3.8, 4) is 0 Å². The summed E-state index contributed by atoms with van der Waals surface area (Å²) >= 11 is 0. The van der Waals surface area contributed by atoms with Gasteiger partial charge in [-0.2, -0.15) is 9.97 Å². The van der Waals surface area contributed by atoms with Crippen LogP contribution in [0.5, 0.6) is 0 Å². The van der Waals surface area contributed by atoms with Crippen molar-refractivity contribution in [2.24, 2.45) is 0 Å². The number of fused-ring (bicyclic) bond motifs is 1. The van der Waals surface area contributed by atoms with Crippen LogP contribution in [-0.4, -0.2) is 38.7 Å². The lowest BCUT2D eigenvalue weighted by molar-refractivity contribution is -0.100. The molecule has 0 saturated heterocycles. The van der Waals surface area contributed by atoms with Crippen LogP contribution in [0, 0.1) is 12.7 Å². The molecule has 2 N–H and O–H groups in total. The Morgan fingerprint density at radius 1 is 1.10 bits per heavy atom. The summed E-state index contributed by atoms with van der Waals surface area (Å²) in [6.45, 7) is 2.84. The Morgan fingerprint density at radius 3 is 2.53 bits per heavy atom. The summed E-state index contributed by atoms with van der Waals surface area (Å²) in [5, 5.41) is 6.85. The molecule has 3 aliphatic carbocycles. The Hall–Kier alpha value is -3.16. The van der Waals surface area contributed by atoms with Crippen molar-refractivity contribution in [1.82, 2.24) is 19.5 Å². The molecule has 1 aliphatic heterocycles. The van der Waals surface area contributed by atoms with E-state index < -0.39 is 0 Å². The van der Waals surface area contributed by atoms with E-state index in [2.05, 4.69) is 31.3 Å². The molecule has 3 aromatic rings. The van der Waals surface area contributed by atoms with Gasteiger partial charge in [0.05, 0.1) is 17.6 Å². The SMILES string of the molecule is CNc1nc(NC23CC(n4cnc(C)c4)(C2)C3)nc2c1CCN2c1ccc(F)cc1. The third-order valence-electron chi connectivity index (χ3n) is 6.84. The van der Waals surface area contributed by atoms with Crippen LogP contribution in [-0.2, 0) is 12.0 Å². The summed E-state index contributed by atoms with van der Waals surface area (Å²) in [5.41, 5.74) is 3.38. The second-order valence-electron chi connectivity index (χ2n) is 8.91. The van der Waals surface area contributed by atoms with E-state index >= 15 is 0 Å². The fourth-order valence-corrected chi connectivity index (χ4v) is 5.45. The molecule has 0 spiro atoms. The van der Waals surface area contributed by atoms with Gasteiger partial charge >= 0.3 is 0 Å². The first-order chi connectivity index (χ1) is 14.5. The van der Waals surface area contributed by atoms with Gasteiger partial charge in [0.15, 0.2) is 0 Å². The van der Waals surface area contributed by atoms with Crippen LogP contribution in [0.25, 0.3) is 0 Å². The largest absolute Gasteiger partial charge is 0.373 e. The lowest BCUT2D eigenvalue weighted by atomic mass is 9.44. The number of nitrogens with one attached hydrogen (secondary N) is 2. The number of halogens is 1. The van der Waals surface area contributed by atoms with Crippen LogP contribution in [0.4, 0.5) is 27.7 Å². The molecule has 4 aliphatic rings. The molecular weight excluding hydrogens is 381 g/mol. The van der Waals surface area contributed by atoms with E-state index in [-0.39, 0.29) is 16.9 Å². The molecule has 30 heavy (non-hydrogen) atoms. The average Bonchev–Trinajstić information content (AvgIpc) is 3.30. The highest BCUT2D eigenvalue weighted by molar-refractivity contribution is 5.73. The standard InChI is InChI=1S/C22H24FN7/c1-14-9-29(13-25-14)22-10-21(11-22,12-22)28-20-26-18(24-2)17-7-8-30(19(17)27-20)16-5-3-15(23)4-6-16/h3-6,9,13H,7-8,10-12H2,1-2H3,(H2,24,26,27,28). The molecule has 3 fully saturated rings. The van der Waals surface area contributed by atoms with Gasteiger partial charge in [-0.1, -0.05) is 0 Å². The number of benzene rings is 1. The molecule has 2 bridgehead atoms. The molecule has 2 aromatic heterocycles. The highest BCUT2D eigenvalue weighted by atomic mass is 19.1. The molecule has 154 valence electrons. The van der Waals surface area contributed by atoms with E-state index in [0.717, 1.165) is 60.8 Å². The summed E-state index contributed by atoms with van der Waals surface area (Å²) in [7, 11) is 1.89. The Morgan fingerprint density at radius 2 is 1.87 bits per heavy atom. The van der Waals surface area contributed by atoms with Gasteiger partial charge in [0.25, 0.3) is 0 Å². The van der Waals surface area contributed by atoms with E-state index in [1.54, 1.807) is 12.1 Å². The zero-order valence-corrected chi connectivity index (χ0v) is 17.1. The van der Waals surface area contributed by atoms with Crippen LogP contribution in [0.3, 0.4) is 0 Å². The smallest absolute Gasteiger partial charge is 0.227 e. The summed E-state index contributed by atoms with van der Waals surface area (Å²) in [5.74, 6) is 2.18. The molecule has 8 heteroatoms. The predicted octanol–water partition coefficient (Wildman–Crippen LogP) is 3.60. The zero-order chi connectivity index (χ0) is 20.5. The van der Waals surface area contributed by atoms with Crippen molar-refractivity contribution >= 4 is 23.3 Å².